The van der Waals surface area contributed by atoms with E-state index in [9.17, 15) is 10.1 Å². The Hall–Kier alpha value is -1.42. The number of hydrogen-bond donors (Lipinski definition) is 1. The predicted octanol–water partition coefficient (Wildman–Crippen LogP) is 2.05. The van der Waals surface area contributed by atoms with E-state index in [1.807, 2.05) is 0 Å². The first-order chi connectivity index (χ1) is 6.94. The molecule has 1 saturated carbocycles. The second kappa shape index (κ2) is 3.03. The van der Waals surface area contributed by atoms with Crippen LogP contribution < -0.4 is 5.73 Å². The highest BCUT2D eigenvalue weighted by Crippen LogP contribution is 2.57. The quantitative estimate of drug-likeness (QED) is 0.594. The summed E-state index contributed by atoms with van der Waals surface area (Å²) in [4.78, 5) is 10.1. The zero-order valence-electron chi connectivity index (χ0n) is 8.81. The average Bonchev–Trinajstić information content (AvgIpc) is 2.66. The van der Waals surface area contributed by atoms with Crippen molar-refractivity contribution in [3.05, 3.63) is 39.9 Å². The number of rotatable bonds is 2. The van der Waals surface area contributed by atoms with Crippen LogP contribution in [0.5, 0.6) is 0 Å². The lowest BCUT2D eigenvalue weighted by Gasteiger charge is -2.01. The molecule has 80 valence electrons. The number of nitro benzene ring substituents is 1. The average molecular weight is 206 g/mol. The predicted molar refractivity (Wildman–Crippen MR) is 57.6 cm³/mol. The summed E-state index contributed by atoms with van der Waals surface area (Å²) < 4.78 is 0. The molecule has 0 aliphatic heterocycles. The van der Waals surface area contributed by atoms with Crippen molar-refractivity contribution in [3.8, 4) is 0 Å². The third-order valence-electron chi connectivity index (χ3n) is 3.37. The molecule has 0 bridgehead atoms. The van der Waals surface area contributed by atoms with Crippen LogP contribution in [0.4, 0.5) is 5.69 Å². The van der Waals surface area contributed by atoms with E-state index in [1.165, 1.54) is 12.1 Å². The molecule has 0 unspecified atom stereocenters. The summed E-state index contributed by atoms with van der Waals surface area (Å²) in [5, 5.41) is 10.5. The lowest BCUT2D eigenvalue weighted by atomic mass is 10.0. The molecule has 1 aliphatic carbocycles. The van der Waals surface area contributed by atoms with E-state index >= 15 is 0 Å². The van der Waals surface area contributed by atoms with Crippen molar-refractivity contribution in [1.29, 1.82) is 0 Å². The van der Waals surface area contributed by atoms with Gasteiger partial charge in [0.05, 0.1) is 4.92 Å². The van der Waals surface area contributed by atoms with Gasteiger partial charge in [-0.1, -0.05) is 26.0 Å². The Morgan fingerprint density at radius 2 is 1.80 bits per heavy atom. The van der Waals surface area contributed by atoms with E-state index in [1.54, 1.807) is 12.1 Å². The topological polar surface area (TPSA) is 69.2 Å². The summed E-state index contributed by atoms with van der Waals surface area (Å²) >= 11 is 0. The number of nitro groups is 1. The molecule has 15 heavy (non-hydrogen) atoms. The minimum absolute atomic E-state index is 0.121. The lowest BCUT2D eigenvalue weighted by molar-refractivity contribution is -0.384. The molecular weight excluding hydrogens is 192 g/mol. The van der Waals surface area contributed by atoms with Gasteiger partial charge in [0.15, 0.2) is 0 Å². The van der Waals surface area contributed by atoms with Crippen molar-refractivity contribution in [2.24, 2.45) is 11.1 Å². The van der Waals surface area contributed by atoms with E-state index in [2.05, 4.69) is 13.8 Å². The Labute approximate surface area is 88.2 Å². The van der Waals surface area contributed by atoms with Gasteiger partial charge in [0.2, 0.25) is 0 Å². The van der Waals surface area contributed by atoms with Gasteiger partial charge < -0.3 is 5.73 Å². The first kappa shape index (κ1) is 10.1. The van der Waals surface area contributed by atoms with Crippen molar-refractivity contribution in [1.82, 2.24) is 0 Å². The molecule has 1 aromatic carbocycles. The van der Waals surface area contributed by atoms with E-state index in [0.29, 0.717) is 5.92 Å². The Balaban J connectivity index is 2.23. The normalized spacial score (nSPS) is 27.4. The van der Waals surface area contributed by atoms with Crippen LogP contribution >= 0.6 is 0 Å². The third-order valence-corrected chi connectivity index (χ3v) is 3.37. The first-order valence-electron chi connectivity index (χ1n) is 4.94. The Morgan fingerprint density at radius 3 is 2.13 bits per heavy atom. The van der Waals surface area contributed by atoms with Crippen LogP contribution in [0.25, 0.3) is 0 Å². The van der Waals surface area contributed by atoms with Crippen molar-refractivity contribution in [2.75, 3.05) is 0 Å². The van der Waals surface area contributed by atoms with Crippen molar-refractivity contribution in [2.45, 2.75) is 25.8 Å². The molecule has 0 saturated heterocycles. The van der Waals surface area contributed by atoms with Gasteiger partial charge in [-0.3, -0.25) is 10.1 Å². The Morgan fingerprint density at radius 1 is 1.33 bits per heavy atom. The second-order valence-electron chi connectivity index (χ2n) is 4.67. The molecule has 1 aliphatic rings. The molecular formula is C11H14N2O2. The monoisotopic (exact) mass is 206 g/mol. The largest absolute Gasteiger partial charge is 0.327 e. The van der Waals surface area contributed by atoms with Crippen LogP contribution in [0.3, 0.4) is 0 Å². The number of hydrogen-bond acceptors (Lipinski definition) is 3. The molecule has 1 aromatic rings. The van der Waals surface area contributed by atoms with Crippen molar-refractivity contribution in [3.63, 3.8) is 0 Å². The number of nitrogens with two attached hydrogens (primary N) is 1. The van der Waals surface area contributed by atoms with Crippen LogP contribution in [0.1, 0.15) is 25.3 Å². The van der Waals surface area contributed by atoms with Crippen molar-refractivity contribution < 1.29 is 4.92 Å². The summed E-state index contributed by atoms with van der Waals surface area (Å²) in [6.07, 6.45) is 0. The van der Waals surface area contributed by atoms with Crippen LogP contribution in [-0.2, 0) is 0 Å². The SMILES string of the molecule is CC1(C)[C@@H](N)[C@@H]1c1ccc([N+](=O)[O-])cc1. The number of benzene rings is 1. The molecule has 1 fully saturated rings. The fourth-order valence-corrected chi connectivity index (χ4v) is 2.12. The summed E-state index contributed by atoms with van der Waals surface area (Å²) in [6, 6.07) is 6.85. The summed E-state index contributed by atoms with van der Waals surface area (Å²) in [7, 11) is 0. The highest BCUT2D eigenvalue weighted by atomic mass is 16.6. The molecule has 2 rings (SSSR count). The summed E-state index contributed by atoms with van der Waals surface area (Å²) in [5.41, 5.74) is 7.29. The van der Waals surface area contributed by atoms with Crippen LogP contribution in [0, 0.1) is 15.5 Å². The summed E-state index contributed by atoms with van der Waals surface area (Å²) in [6.45, 7) is 4.23. The standard InChI is InChI=1S/C11H14N2O2/c1-11(2)9(10(11)12)7-3-5-8(6-4-7)13(14)15/h3-6,9-10H,12H2,1-2H3/t9-,10-/m0/s1. The van der Waals surface area contributed by atoms with Gasteiger partial charge in [-0.25, -0.2) is 0 Å². The molecule has 0 heterocycles. The lowest BCUT2D eigenvalue weighted by Crippen LogP contribution is -2.06. The molecule has 0 spiro atoms. The fourth-order valence-electron chi connectivity index (χ4n) is 2.12. The molecule has 2 N–H and O–H groups in total. The smallest absolute Gasteiger partial charge is 0.269 e. The van der Waals surface area contributed by atoms with Gasteiger partial charge in [-0.2, -0.15) is 0 Å². The molecule has 0 amide bonds. The van der Waals surface area contributed by atoms with E-state index in [-0.39, 0.29) is 22.1 Å². The molecule has 0 radical (unpaired) electrons. The Kier molecular flexibility index (Phi) is 2.04. The van der Waals surface area contributed by atoms with Gasteiger partial charge >= 0.3 is 0 Å². The van der Waals surface area contributed by atoms with Gasteiger partial charge in [-0.05, 0) is 11.0 Å². The van der Waals surface area contributed by atoms with Crippen LogP contribution in [0.2, 0.25) is 0 Å². The van der Waals surface area contributed by atoms with Crippen molar-refractivity contribution >= 4 is 5.69 Å². The minimum Gasteiger partial charge on any atom is -0.327 e. The van der Waals surface area contributed by atoms with Crippen LogP contribution in [-0.4, -0.2) is 11.0 Å². The highest BCUT2D eigenvalue weighted by molar-refractivity contribution is 5.40. The van der Waals surface area contributed by atoms with E-state index < -0.39 is 0 Å². The number of non-ortho nitro benzene ring substituents is 1. The molecule has 4 nitrogen and oxygen atoms in total. The molecule has 2 atom stereocenters. The van der Waals surface area contributed by atoms with Gasteiger partial charge in [-0.15, -0.1) is 0 Å². The Bertz CT molecular complexity index is 398. The first-order valence-corrected chi connectivity index (χ1v) is 4.94. The maximum absolute atomic E-state index is 10.5. The fraction of sp³-hybridized carbons (Fsp3) is 0.455. The van der Waals surface area contributed by atoms with Gasteiger partial charge in [0.1, 0.15) is 0 Å². The van der Waals surface area contributed by atoms with Crippen LogP contribution in [0.15, 0.2) is 24.3 Å². The van der Waals surface area contributed by atoms with E-state index in [4.69, 9.17) is 5.73 Å². The maximum atomic E-state index is 10.5. The third kappa shape index (κ3) is 1.51. The zero-order chi connectivity index (χ0) is 11.2. The molecule has 4 heteroatoms. The van der Waals surface area contributed by atoms with Gasteiger partial charge in [0, 0.05) is 24.1 Å². The second-order valence-corrected chi connectivity index (χ2v) is 4.67. The molecule has 0 aromatic heterocycles. The van der Waals surface area contributed by atoms with E-state index in [0.717, 1.165) is 5.56 Å². The van der Waals surface area contributed by atoms with Gasteiger partial charge in [0.25, 0.3) is 5.69 Å². The minimum atomic E-state index is -0.387. The summed E-state index contributed by atoms with van der Waals surface area (Å²) in [5.74, 6) is 0.332. The highest BCUT2D eigenvalue weighted by Gasteiger charge is 2.56. The maximum Gasteiger partial charge on any atom is 0.269 e. The number of nitrogens with zero attached hydrogens (tertiary/aromatic N) is 1. The zero-order valence-corrected chi connectivity index (χ0v) is 8.81.